The first-order valence-electron chi connectivity index (χ1n) is 5.91. The number of aliphatic hydroxyl groups excluding tert-OH is 1. The molecule has 0 bridgehead atoms. The molecule has 3 nitrogen and oxygen atoms in total. The van der Waals surface area contributed by atoms with Crippen LogP contribution in [0.4, 0.5) is 0 Å². The van der Waals surface area contributed by atoms with E-state index in [0.717, 1.165) is 24.4 Å². The van der Waals surface area contributed by atoms with E-state index in [1.54, 1.807) is 11.3 Å². The highest BCUT2D eigenvalue weighted by Gasteiger charge is 2.11. The summed E-state index contributed by atoms with van der Waals surface area (Å²) in [6.07, 6.45) is 1.06. The van der Waals surface area contributed by atoms with Crippen LogP contribution in [0.5, 0.6) is 0 Å². The molecule has 2 aromatic heterocycles. The van der Waals surface area contributed by atoms with E-state index < -0.39 is 0 Å². The molecule has 17 heavy (non-hydrogen) atoms. The van der Waals surface area contributed by atoms with Crippen molar-refractivity contribution >= 4 is 11.3 Å². The summed E-state index contributed by atoms with van der Waals surface area (Å²) in [5, 5.41) is 18.6. The highest BCUT2D eigenvalue weighted by molar-refractivity contribution is 7.07. The highest BCUT2D eigenvalue weighted by Crippen LogP contribution is 2.13. The average molecular weight is 250 g/mol. The Bertz CT molecular complexity index is 462. The zero-order valence-corrected chi connectivity index (χ0v) is 11.1. The van der Waals surface area contributed by atoms with Crippen molar-refractivity contribution in [2.24, 2.45) is 0 Å². The molecule has 0 saturated carbocycles. The highest BCUT2D eigenvalue weighted by atomic mass is 32.1. The topological polar surface area (TPSA) is 38.0 Å². The number of hydrogen-bond donors (Lipinski definition) is 1. The lowest BCUT2D eigenvalue weighted by Gasteiger charge is -2.10. The molecule has 0 aliphatic rings. The molecule has 0 aliphatic heterocycles. The third-order valence-electron chi connectivity index (χ3n) is 2.78. The van der Waals surface area contributed by atoms with Crippen molar-refractivity contribution in [3.05, 3.63) is 39.8 Å². The van der Waals surface area contributed by atoms with Crippen molar-refractivity contribution in [2.75, 3.05) is 0 Å². The fourth-order valence-corrected chi connectivity index (χ4v) is 2.71. The normalized spacial score (nSPS) is 12.9. The van der Waals surface area contributed by atoms with Gasteiger partial charge in [0.15, 0.2) is 0 Å². The first-order chi connectivity index (χ1) is 8.19. The first kappa shape index (κ1) is 12.3. The van der Waals surface area contributed by atoms with Crippen LogP contribution in [0.1, 0.15) is 23.9 Å². The van der Waals surface area contributed by atoms with E-state index in [1.807, 2.05) is 17.0 Å². The number of aryl methyl sites for hydroxylation is 2. The number of hydrogen-bond acceptors (Lipinski definition) is 3. The molecule has 0 aromatic carbocycles. The van der Waals surface area contributed by atoms with Crippen LogP contribution in [-0.2, 0) is 19.4 Å². The molecular weight excluding hydrogens is 232 g/mol. The van der Waals surface area contributed by atoms with Crippen molar-refractivity contribution in [1.29, 1.82) is 0 Å². The molecule has 2 heterocycles. The minimum absolute atomic E-state index is 0.328. The summed E-state index contributed by atoms with van der Waals surface area (Å²) in [7, 11) is 0. The molecule has 0 spiro atoms. The Labute approximate surface area is 106 Å². The molecule has 92 valence electrons. The Morgan fingerprint density at radius 1 is 1.47 bits per heavy atom. The van der Waals surface area contributed by atoms with Crippen LogP contribution in [0.2, 0.25) is 0 Å². The fourth-order valence-electron chi connectivity index (χ4n) is 2.03. The van der Waals surface area contributed by atoms with Gasteiger partial charge in [0.25, 0.3) is 0 Å². The minimum Gasteiger partial charge on any atom is -0.392 e. The molecule has 0 amide bonds. The molecule has 1 N–H and O–H groups in total. The lowest BCUT2D eigenvalue weighted by molar-refractivity contribution is 0.172. The summed E-state index contributed by atoms with van der Waals surface area (Å²) in [6, 6.07) is 4.12. The summed E-state index contributed by atoms with van der Waals surface area (Å²) >= 11 is 1.67. The third kappa shape index (κ3) is 3.17. The molecule has 4 heteroatoms. The van der Waals surface area contributed by atoms with E-state index in [2.05, 4.69) is 29.5 Å². The van der Waals surface area contributed by atoms with Crippen molar-refractivity contribution in [2.45, 2.75) is 39.3 Å². The van der Waals surface area contributed by atoms with Gasteiger partial charge in [-0.2, -0.15) is 16.4 Å². The Morgan fingerprint density at radius 2 is 2.29 bits per heavy atom. The predicted molar refractivity (Wildman–Crippen MR) is 70.4 cm³/mol. The Kier molecular flexibility index (Phi) is 3.97. The van der Waals surface area contributed by atoms with Crippen molar-refractivity contribution in [3.63, 3.8) is 0 Å². The van der Waals surface area contributed by atoms with Gasteiger partial charge in [-0.25, -0.2) is 0 Å². The quantitative estimate of drug-likeness (QED) is 0.885. The van der Waals surface area contributed by atoms with Crippen LogP contribution < -0.4 is 0 Å². The van der Waals surface area contributed by atoms with Crippen LogP contribution in [0.25, 0.3) is 0 Å². The van der Waals surface area contributed by atoms with E-state index in [1.165, 1.54) is 5.56 Å². The lowest BCUT2D eigenvalue weighted by Crippen LogP contribution is -2.16. The van der Waals surface area contributed by atoms with E-state index in [4.69, 9.17) is 0 Å². The SMILES string of the molecule is CCn1nc(C)cc1CC(O)Cc1ccsc1. The van der Waals surface area contributed by atoms with Gasteiger partial charge in [0.2, 0.25) is 0 Å². The van der Waals surface area contributed by atoms with Gasteiger partial charge in [-0.1, -0.05) is 0 Å². The van der Waals surface area contributed by atoms with Gasteiger partial charge in [-0.3, -0.25) is 4.68 Å². The summed E-state index contributed by atoms with van der Waals surface area (Å²) < 4.78 is 1.96. The van der Waals surface area contributed by atoms with Crippen molar-refractivity contribution < 1.29 is 5.11 Å². The number of aliphatic hydroxyl groups is 1. The lowest BCUT2D eigenvalue weighted by atomic mass is 10.1. The summed E-state index contributed by atoms with van der Waals surface area (Å²) in [4.78, 5) is 0. The summed E-state index contributed by atoms with van der Waals surface area (Å²) in [6.45, 7) is 4.91. The number of nitrogens with zero attached hydrogens (tertiary/aromatic N) is 2. The van der Waals surface area contributed by atoms with Gasteiger partial charge >= 0.3 is 0 Å². The molecule has 1 unspecified atom stereocenters. The first-order valence-corrected chi connectivity index (χ1v) is 6.85. The van der Waals surface area contributed by atoms with Gasteiger partial charge < -0.3 is 5.11 Å². The molecule has 0 fully saturated rings. The smallest absolute Gasteiger partial charge is 0.0636 e. The largest absolute Gasteiger partial charge is 0.392 e. The fraction of sp³-hybridized carbons (Fsp3) is 0.462. The van der Waals surface area contributed by atoms with E-state index in [9.17, 15) is 5.11 Å². The van der Waals surface area contributed by atoms with E-state index in [-0.39, 0.29) is 6.10 Å². The van der Waals surface area contributed by atoms with E-state index in [0.29, 0.717) is 6.42 Å². The van der Waals surface area contributed by atoms with Crippen LogP contribution in [0, 0.1) is 6.92 Å². The maximum absolute atomic E-state index is 10.1. The summed E-state index contributed by atoms with van der Waals surface area (Å²) in [5.41, 5.74) is 3.35. The summed E-state index contributed by atoms with van der Waals surface area (Å²) in [5.74, 6) is 0. The Hall–Kier alpha value is -1.13. The van der Waals surface area contributed by atoms with Crippen LogP contribution in [-0.4, -0.2) is 21.0 Å². The van der Waals surface area contributed by atoms with Gasteiger partial charge in [0, 0.05) is 18.7 Å². The molecule has 2 aromatic rings. The number of rotatable bonds is 5. The monoisotopic (exact) mass is 250 g/mol. The van der Waals surface area contributed by atoms with Gasteiger partial charge in [0.1, 0.15) is 0 Å². The zero-order valence-electron chi connectivity index (χ0n) is 10.3. The molecule has 2 rings (SSSR count). The second-order valence-corrected chi connectivity index (χ2v) is 5.07. The van der Waals surface area contributed by atoms with Crippen LogP contribution >= 0.6 is 11.3 Å². The van der Waals surface area contributed by atoms with Gasteiger partial charge in [0.05, 0.1) is 11.8 Å². The Morgan fingerprint density at radius 3 is 2.94 bits per heavy atom. The molecule has 0 aliphatic carbocycles. The van der Waals surface area contributed by atoms with E-state index >= 15 is 0 Å². The molecule has 0 radical (unpaired) electrons. The third-order valence-corrected chi connectivity index (χ3v) is 3.51. The van der Waals surface area contributed by atoms with Crippen molar-refractivity contribution in [3.8, 4) is 0 Å². The second kappa shape index (κ2) is 5.47. The number of thiophene rings is 1. The maximum atomic E-state index is 10.1. The standard InChI is InChI=1S/C13H18N2OS/c1-3-15-12(6-10(2)14-15)8-13(16)7-11-4-5-17-9-11/h4-6,9,13,16H,3,7-8H2,1-2H3. The van der Waals surface area contributed by atoms with Gasteiger partial charge in [-0.15, -0.1) is 0 Å². The predicted octanol–water partition coefficient (Wildman–Crippen LogP) is 2.42. The second-order valence-electron chi connectivity index (χ2n) is 4.29. The molecular formula is C13H18N2OS. The molecule has 0 saturated heterocycles. The molecule has 1 atom stereocenters. The van der Waals surface area contributed by atoms with Crippen molar-refractivity contribution in [1.82, 2.24) is 9.78 Å². The van der Waals surface area contributed by atoms with Crippen LogP contribution in [0.3, 0.4) is 0 Å². The number of aromatic nitrogens is 2. The maximum Gasteiger partial charge on any atom is 0.0636 e. The van der Waals surface area contributed by atoms with Gasteiger partial charge in [-0.05, 0) is 48.7 Å². The minimum atomic E-state index is -0.328. The Balaban J connectivity index is 2.00. The van der Waals surface area contributed by atoms with Crippen LogP contribution in [0.15, 0.2) is 22.9 Å². The zero-order chi connectivity index (χ0) is 12.3. The average Bonchev–Trinajstić information content (AvgIpc) is 2.88.